The monoisotopic (exact) mass is 242 g/mol. The molecule has 0 saturated heterocycles. The van der Waals surface area contributed by atoms with Gasteiger partial charge in [-0.1, -0.05) is 17.7 Å². The summed E-state index contributed by atoms with van der Waals surface area (Å²) in [4.78, 5) is 10.9. The second-order valence-corrected chi connectivity index (χ2v) is 3.68. The van der Waals surface area contributed by atoms with Crippen LogP contribution in [0.2, 0.25) is 0 Å². The lowest BCUT2D eigenvalue weighted by atomic mass is 10.2. The number of hydrogen-bond donors (Lipinski definition) is 2. The van der Waals surface area contributed by atoms with Gasteiger partial charge in [-0.05, 0) is 31.3 Å². The molecule has 0 radical (unpaired) electrons. The van der Waals surface area contributed by atoms with Crippen molar-refractivity contribution < 1.29 is 4.79 Å². The molecule has 0 spiro atoms. The molecule has 1 rings (SSSR count). The van der Waals surface area contributed by atoms with Crippen molar-refractivity contribution in [3.8, 4) is 0 Å². The predicted molar refractivity (Wildman–Crippen MR) is 66.3 cm³/mol. The minimum absolute atomic E-state index is 0.101. The number of carbonyl (C=O) groups is 1. The molecule has 0 atom stereocenters. The average molecular weight is 243 g/mol. The Labute approximate surface area is 98.8 Å². The van der Waals surface area contributed by atoms with E-state index >= 15 is 0 Å². The Morgan fingerprint density at radius 1 is 1.40 bits per heavy atom. The molecule has 1 aromatic rings. The molecule has 80 valence electrons. The first-order valence-electron chi connectivity index (χ1n) is 4.35. The zero-order valence-corrected chi connectivity index (χ0v) is 9.78. The van der Waals surface area contributed by atoms with Gasteiger partial charge in [0.2, 0.25) is 5.91 Å². The van der Waals surface area contributed by atoms with E-state index in [1.165, 1.54) is 0 Å². The third-order valence-electron chi connectivity index (χ3n) is 1.68. The van der Waals surface area contributed by atoms with Crippen LogP contribution >= 0.6 is 23.8 Å². The van der Waals surface area contributed by atoms with Gasteiger partial charge in [-0.2, -0.15) is 0 Å². The highest BCUT2D eigenvalue weighted by atomic mass is 35.5. The zero-order chi connectivity index (χ0) is 11.3. The van der Waals surface area contributed by atoms with Crippen molar-refractivity contribution >= 4 is 40.5 Å². The van der Waals surface area contributed by atoms with Gasteiger partial charge in [0.05, 0.1) is 0 Å². The molecule has 0 aliphatic rings. The van der Waals surface area contributed by atoms with Crippen LogP contribution in [0, 0.1) is 6.92 Å². The largest absolute Gasteiger partial charge is 0.332 e. The van der Waals surface area contributed by atoms with Crippen molar-refractivity contribution in [2.75, 3.05) is 11.2 Å². The lowest BCUT2D eigenvalue weighted by molar-refractivity contribution is -0.117. The number of anilines is 1. The number of carbonyl (C=O) groups excluding carboxylic acids is 1. The summed E-state index contributed by atoms with van der Waals surface area (Å²) < 4.78 is 0. The molecule has 0 saturated carbocycles. The molecule has 0 fully saturated rings. The first kappa shape index (κ1) is 11.9. The van der Waals surface area contributed by atoms with Gasteiger partial charge in [0, 0.05) is 5.69 Å². The lowest BCUT2D eigenvalue weighted by Crippen LogP contribution is -2.34. The van der Waals surface area contributed by atoms with Gasteiger partial charge in [0.25, 0.3) is 0 Å². The van der Waals surface area contributed by atoms with E-state index in [1.54, 1.807) is 0 Å². The standard InChI is InChI=1S/C10H11ClN2OS/c1-7-2-4-8(5-3-7)12-10(15)13-9(14)6-11/h2-5H,6H2,1H3,(H2,12,13,14,15). The molecular formula is C10H11ClN2OS. The normalized spacial score (nSPS) is 9.47. The Morgan fingerprint density at radius 2 is 2.00 bits per heavy atom. The zero-order valence-electron chi connectivity index (χ0n) is 8.21. The van der Waals surface area contributed by atoms with Crippen molar-refractivity contribution in [2.45, 2.75) is 6.92 Å². The number of hydrogen-bond acceptors (Lipinski definition) is 2. The summed E-state index contributed by atoms with van der Waals surface area (Å²) in [7, 11) is 0. The van der Waals surface area contributed by atoms with Crippen LogP contribution in [0.1, 0.15) is 5.56 Å². The van der Waals surface area contributed by atoms with Crippen LogP contribution in [0.3, 0.4) is 0 Å². The van der Waals surface area contributed by atoms with Crippen molar-refractivity contribution in [1.29, 1.82) is 0 Å². The molecule has 0 aliphatic heterocycles. The maximum atomic E-state index is 10.9. The smallest absolute Gasteiger partial charge is 0.241 e. The number of thiocarbonyl (C=S) groups is 1. The molecule has 3 nitrogen and oxygen atoms in total. The van der Waals surface area contributed by atoms with Gasteiger partial charge >= 0.3 is 0 Å². The highest BCUT2D eigenvalue weighted by Crippen LogP contribution is 2.07. The number of nitrogens with one attached hydrogen (secondary N) is 2. The lowest BCUT2D eigenvalue weighted by Gasteiger charge is -2.08. The first-order chi connectivity index (χ1) is 7.11. The summed E-state index contributed by atoms with van der Waals surface area (Å²) in [5.74, 6) is -0.420. The van der Waals surface area contributed by atoms with Gasteiger partial charge in [-0.25, -0.2) is 0 Å². The number of alkyl halides is 1. The molecule has 0 unspecified atom stereocenters. The van der Waals surface area contributed by atoms with Crippen LogP contribution in [-0.4, -0.2) is 16.9 Å². The van der Waals surface area contributed by atoms with Crippen LogP contribution in [-0.2, 0) is 4.79 Å². The number of aryl methyl sites for hydroxylation is 1. The van der Waals surface area contributed by atoms with Crippen molar-refractivity contribution in [2.24, 2.45) is 0 Å². The van der Waals surface area contributed by atoms with E-state index in [2.05, 4.69) is 10.6 Å². The molecule has 1 amide bonds. The highest BCUT2D eigenvalue weighted by molar-refractivity contribution is 7.80. The number of amides is 1. The minimum Gasteiger partial charge on any atom is -0.332 e. The Hall–Kier alpha value is -1.13. The Morgan fingerprint density at radius 3 is 2.53 bits per heavy atom. The molecule has 0 heterocycles. The summed E-state index contributed by atoms with van der Waals surface area (Å²) in [6.07, 6.45) is 0. The summed E-state index contributed by atoms with van der Waals surface area (Å²) in [5.41, 5.74) is 2.00. The van der Waals surface area contributed by atoms with Gasteiger partial charge < -0.3 is 10.6 Å². The first-order valence-corrected chi connectivity index (χ1v) is 5.29. The average Bonchev–Trinajstić information content (AvgIpc) is 2.21. The van der Waals surface area contributed by atoms with Crippen LogP contribution in [0.5, 0.6) is 0 Å². The van der Waals surface area contributed by atoms with E-state index in [9.17, 15) is 4.79 Å². The van der Waals surface area contributed by atoms with Crippen LogP contribution in [0.25, 0.3) is 0 Å². The van der Waals surface area contributed by atoms with Gasteiger partial charge in [-0.3, -0.25) is 4.79 Å². The second-order valence-electron chi connectivity index (χ2n) is 3.00. The topological polar surface area (TPSA) is 41.1 Å². The fourth-order valence-corrected chi connectivity index (χ4v) is 1.26. The fraction of sp³-hybridized carbons (Fsp3) is 0.200. The number of halogens is 1. The third kappa shape index (κ3) is 4.27. The number of rotatable bonds is 2. The quantitative estimate of drug-likeness (QED) is 0.616. The number of benzene rings is 1. The van der Waals surface area contributed by atoms with E-state index < -0.39 is 0 Å². The van der Waals surface area contributed by atoms with E-state index in [0.29, 0.717) is 0 Å². The molecule has 15 heavy (non-hydrogen) atoms. The van der Waals surface area contributed by atoms with Crippen molar-refractivity contribution in [3.63, 3.8) is 0 Å². The summed E-state index contributed by atoms with van der Waals surface area (Å²) >= 11 is 10.2. The molecule has 0 aliphatic carbocycles. The molecule has 0 bridgehead atoms. The van der Waals surface area contributed by atoms with Gasteiger partial charge in [-0.15, -0.1) is 11.6 Å². The second kappa shape index (κ2) is 5.68. The molecule has 2 N–H and O–H groups in total. The summed E-state index contributed by atoms with van der Waals surface area (Å²) in [6.45, 7) is 2.00. The van der Waals surface area contributed by atoms with Gasteiger partial charge in [0.1, 0.15) is 5.88 Å². The molecule has 5 heteroatoms. The highest BCUT2D eigenvalue weighted by Gasteiger charge is 2.02. The van der Waals surface area contributed by atoms with Crippen molar-refractivity contribution in [3.05, 3.63) is 29.8 Å². The Balaban J connectivity index is 2.51. The Bertz CT molecular complexity index is 364. The van der Waals surface area contributed by atoms with E-state index in [4.69, 9.17) is 23.8 Å². The summed E-state index contributed by atoms with van der Waals surface area (Å²) in [5, 5.41) is 5.57. The summed E-state index contributed by atoms with van der Waals surface area (Å²) in [6, 6.07) is 7.67. The maximum absolute atomic E-state index is 10.9. The predicted octanol–water partition coefficient (Wildman–Crippen LogP) is 2.05. The fourth-order valence-electron chi connectivity index (χ4n) is 0.959. The SMILES string of the molecule is Cc1ccc(NC(=S)NC(=O)CCl)cc1. The maximum Gasteiger partial charge on any atom is 0.241 e. The van der Waals surface area contributed by atoms with Crippen LogP contribution < -0.4 is 10.6 Å². The third-order valence-corrected chi connectivity index (χ3v) is 2.13. The van der Waals surface area contributed by atoms with Crippen LogP contribution in [0.15, 0.2) is 24.3 Å². The molecule has 0 aromatic heterocycles. The Kier molecular flexibility index (Phi) is 4.52. The minimum atomic E-state index is -0.318. The molecule has 1 aromatic carbocycles. The van der Waals surface area contributed by atoms with E-state index in [1.807, 2.05) is 31.2 Å². The van der Waals surface area contributed by atoms with Gasteiger partial charge in [0.15, 0.2) is 5.11 Å². The van der Waals surface area contributed by atoms with E-state index in [0.717, 1.165) is 11.3 Å². The van der Waals surface area contributed by atoms with Crippen LogP contribution in [0.4, 0.5) is 5.69 Å². The van der Waals surface area contributed by atoms with E-state index in [-0.39, 0.29) is 16.9 Å². The van der Waals surface area contributed by atoms with Crippen molar-refractivity contribution in [1.82, 2.24) is 5.32 Å². The molecular weight excluding hydrogens is 232 g/mol.